The number of nitrogens with one attached hydrogen (secondary N) is 2. The maximum absolute atomic E-state index is 13.1. The van der Waals surface area contributed by atoms with Gasteiger partial charge >= 0.3 is 0 Å². The van der Waals surface area contributed by atoms with Crippen LogP contribution in [-0.2, 0) is 11.3 Å². The first-order chi connectivity index (χ1) is 15.4. The first kappa shape index (κ1) is 21.6. The maximum atomic E-state index is 13.1. The highest BCUT2D eigenvalue weighted by Crippen LogP contribution is 2.31. The molecule has 0 fully saturated rings. The van der Waals surface area contributed by atoms with E-state index in [2.05, 4.69) is 34.3 Å². The number of carbonyl (C=O) groups excluding carboxylic acids is 2. The summed E-state index contributed by atoms with van der Waals surface area (Å²) in [7, 11) is 0. The van der Waals surface area contributed by atoms with Gasteiger partial charge in [-0.15, -0.1) is 0 Å². The molecule has 6 heteroatoms. The maximum Gasteiger partial charge on any atom is 0.251 e. The van der Waals surface area contributed by atoms with Gasteiger partial charge < -0.3 is 15.2 Å². The third-order valence-electron chi connectivity index (χ3n) is 5.70. The van der Waals surface area contributed by atoms with Gasteiger partial charge in [-0.1, -0.05) is 32.0 Å². The van der Waals surface area contributed by atoms with E-state index in [4.69, 9.17) is 0 Å². The predicted octanol–water partition coefficient (Wildman–Crippen LogP) is 5.35. The van der Waals surface area contributed by atoms with Crippen LogP contribution in [0.3, 0.4) is 0 Å². The Morgan fingerprint density at radius 1 is 0.938 bits per heavy atom. The Kier molecular flexibility index (Phi) is 5.95. The predicted molar refractivity (Wildman–Crippen MR) is 126 cm³/mol. The number of benzene rings is 3. The third-order valence-corrected chi connectivity index (χ3v) is 5.70. The van der Waals surface area contributed by atoms with Crippen LogP contribution < -0.4 is 10.6 Å². The molecule has 0 aliphatic heterocycles. The number of rotatable bonds is 6. The lowest BCUT2D eigenvalue weighted by molar-refractivity contribution is -0.118. The van der Waals surface area contributed by atoms with Crippen LogP contribution in [0.25, 0.3) is 21.8 Å². The number of hydrogen-bond donors (Lipinski definition) is 2. The third kappa shape index (κ3) is 4.08. The number of aryl methyl sites for hydroxylation is 1. The molecule has 0 unspecified atom stereocenters. The van der Waals surface area contributed by atoms with E-state index in [1.165, 1.54) is 24.3 Å². The van der Waals surface area contributed by atoms with Crippen molar-refractivity contribution in [1.29, 1.82) is 0 Å². The Morgan fingerprint density at radius 2 is 1.62 bits per heavy atom. The standard InChI is InChI=1S/C26H26FN3O2/c1-4-30-22-8-6-5-7-20(22)21-15-19(13-14-23(21)30)28-26(32)24(16(2)3)29-25(31)17-9-11-18(27)12-10-17/h5-16,24H,4H2,1-3H3,(H,28,32)(H,29,31)/t24-/m1/s1. The number of para-hydroxylation sites is 1. The minimum absolute atomic E-state index is 0.134. The smallest absolute Gasteiger partial charge is 0.251 e. The summed E-state index contributed by atoms with van der Waals surface area (Å²) in [5.41, 5.74) is 3.23. The van der Waals surface area contributed by atoms with Crippen LogP contribution in [0.15, 0.2) is 66.7 Å². The molecule has 0 aliphatic rings. The Labute approximate surface area is 186 Å². The number of hydrogen-bond acceptors (Lipinski definition) is 2. The van der Waals surface area contributed by atoms with E-state index < -0.39 is 17.8 Å². The number of nitrogens with zero attached hydrogens (tertiary/aromatic N) is 1. The lowest BCUT2D eigenvalue weighted by Gasteiger charge is -2.22. The molecule has 0 radical (unpaired) electrons. The van der Waals surface area contributed by atoms with E-state index in [-0.39, 0.29) is 11.8 Å². The molecular formula is C26H26FN3O2. The molecule has 2 amide bonds. The summed E-state index contributed by atoms with van der Waals surface area (Å²) in [5.74, 6) is -1.26. The van der Waals surface area contributed by atoms with Crippen LogP contribution >= 0.6 is 0 Å². The summed E-state index contributed by atoms with van der Waals surface area (Å²) in [6, 6.07) is 18.6. The molecule has 1 atom stereocenters. The summed E-state index contributed by atoms with van der Waals surface area (Å²) in [4.78, 5) is 25.6. The average Bonchev–Trinajstić information content (AvgIpc) is 3.10. The van der Waals surface area contributed by atoms with Crippen LogP contribution in [0.1, 0.15) is 31.1 Å². The van der Waals surface area contributed by atoms with Gasteiger partial charge in [0.15, 0.2) is 0 Å². The molecule has 164 valence electrons. The van der Waals surface area contributed by atoms with Gasteiger partial charge in [0.1, 0.15) is 11.9 Å². The molecule has 0 saturated heterocycles. The molecule has 5 nitrogen and oxygen atoms in total. The Balaban J connectivity index is 1.59. The number of carbonyl (C=O) groups is 2. The summed E-state index contributed by atoms with van der Waals surface area (Å²) < 4.78 is 15.4. The highest BCUT2D eigenvalue weighted by atomic mass is 19.1. The van der Waals surface area contributed by atoms with Crippen molar-refractivity contribution in [1.82, 2.24) is 9.88 Å². The van der Waals surface area contributed by atoms with Gasteiger partial charge in [-0.3, -0.25) is 9.59 Å². The molecule has 2 N–H and O–H groups in total. The van der Waals surface area contributed by atoms with E-state index in [0.717, 1.165) is 28.4 Å². The van der Waals surface area contributed by atoms with Crippen molar-refractivity contribution in [2.45, 2.75) is 33.4 Å². The molecular weight excluding hydrogens is 405 g/mol. The van der Waals surface area contributed by atoms with Gasteiger partial charge in [0.05, 0.1) is 0 Å². The number of halogens is 1. The highest BCUT2D eigenvalue weighted by molar-refractivity contribution is 6.10. The van der Waals surface area contributed by atoms with Crippen LogP contribution in [0, 0.1) is 11.7 Å². The summed E-state index contributed by atoms with van der Waals surface area (Å²) >= 11 is 0. The monoisotopic (exact) mass is 431 g/mol. The van der Waals surface area contributed by atoms with E-state index in [1.807, 2.05) is 44.2 Å². The zero-order valence-corrected chi connectivity index (χ0v) is 18.4. The zero-order valence-electron chi connectivity index (χ0n) is 18.4. The SMILES string of the molecule is CCn1c2ccccc2c2cc(NC(=O)[C@H](NC(=O)c3ccc(F)cc3)C(C)C)ccc21. The molecule has 1 aromatic heterocycles. The number of amides is 2. The van der Waals surface area contributed by atoms with Gasteiger partial charge in [-0.2, -0.15) is 0 Å². The Morgan fingerprint density at radius 3 is 2.31 bits per heavy atom. The van der Waals surface area contributed by atoms with Crippen molar-refractivity contribution < 1.29 is 14.0 Å². The van der Waals surface area contributed by atoms with E-state index in [9.17, 15) is 14.0 Å². The Hall–Kier alpha value is -3.67. The van der Waals surface area contributed by atoms with E-state index in [0.29, 0.717) is 11.3 Å². The molecule has 4 rings (SSSR count). The van der Waals surface area contributed by atoms with Crippen LogP contribution in [0.2, 0.25) is 0 Å². The molecule has 32 heavy (non-hydrogen) atoms. The molecule has 0 spiro atoms. The van der Waals surface area contributed by atoms with Crippen molar-refractivity contribution >= 4 is 39.3 Å². The van der Waals surface area contributed by atoms with Crippen molar-refractivity contribution in [3.8, 4) is 0 Å². The summed E-state index contributed by atoms with van der Waals surface area (Å²) in [6.07, 6.45) is 0. The van der Waals surface area contributed by atoms with Crippen molar-refractivity contribution in [3.05, 3.63) is 78.1 Å². The van der Waals surface area contributed by atoms with Crippen molar-refractivity contribution in [2.24, 2.45) is 5.92 Å². The zero-order chi connectivity index (χ0) is 22.8. The van der Waals surface area contributed by atoms with Crippen LogP contribution in [0.4, 0.5) is 10.1 Å². The second-order valence-electron chi connectivity index (χ2n) is 8.18. The fourth-order valence-corrected chi connectivity index (χ4v) is 4.05. The fourth-order valence-electron chi connectivity index (χ4n) is 4.05. The van der Waals surface area contributed by atoms with Crippen molar-refractivity contribution in [2.75, 3.05) is 5.32 Å². The molecule has 0 saturated carbocycles. The number of anilines is 1. The highest BCUT2D eigenvalue weighted by Gasteiger charge is 2.25. The van der Waals surface area contributed by atoms with Gasteiger partial charge in [0, 0.05) is 39.6 Å². The topological polar surface area (TPSA) is 63.1 Å². The minimum Gasteiger partial charge on any atom is -0.341 e. The number of fused-ring (bicyclic) bond motifs is 3. The normalized spacial score (nSPS) is 12.3. The minimum atomic E-state index is -0.736. The van der Waals surface area contributed by atoms with Crippen LogP contribution in [0.5, 0.6) is 0 Å². The first-order valence-electron chi connectivity index (χ1n) is 10.8. The molecule has 0 aliphatic carbocycles. The lowest BCUT2D eigenvalue weighted by Crippen LogP contribution is -2.47. The van der Waals surface area contributed by atoms with Gasteiger partial charge in [0.25, 0.3) is 5.91 Å². The quantitative estimate of drug-likeness (QED) is 0.432. The fraction of sp³-hybridized carbons (Fsp3) is 0.231. The van der Waals surface area contributed by atoms with Gasteiger partial charge in [-0.25, -0.2) is 4.39 Å². The van der Waals surface area contributed by atoms with Gasteiger partial charge in [-0.05, 0) is 61.4 Å². The second-order valence-corrected chi connectivity index (χ2v) is 8.18. The summed E-state index contributed by atoms with van der Waals surface area (Å²) in [5, 5.41) is 7.92. The molecule has 4 aromatic rings. The largest absolute Gasteiger partial charge is 0.341 e. The van der Waals surface area contributed by atoms with Gasteiger partial charge in [0.2, 0.25) is 5.91 Å². The summed E-state index contributed by atoms with van der Waals surface area (Å²) in [6.45, 7) is 6.69. The van der Waals surface area contributed by atoms with Crippen LogP contribution in [-0.4, -0.2) is 22.4 Å². The van der Waals surface area contributed by atoms with E-state index >= 15 is 0 Å². The molecule has 1 heterocycles. The van der Waals surface area contributed by atoms with E-state index in [1.54, 1.807) is 0 Å². The second kappa shape index (κ2) is 8.83. The van der Waals surface area contributed by atoms with Crippen molar-refractivity contribution in [3.63, 3.8) is 0 Å². The molecule has 0 bridgehead atoms. The first-order valence-corrected chi connectivity index (χ1v) is 10.8. The lowest BCUT2D eigenvalue weighted by atomic mass is 10.0. The Bertz CT molecular complexity index is 1290. The number of aromatic nitrogens is 1. The molecule has 3 aromatic carbocycles. The average molecular weight is 432 g/mol.